The van der Waals surface area contributed by atoms with Gasteiger partial charge in [-0.1, -0.05) is 73.1 Å². The number of rotatable bonds is 7. The summed E-state index contributed by atoms with van der Waals surface area (Å²) in [4.78, 5) is 33.0. The summed E-state index contributed by atoms with van der Waals surface area (Å²) in [6.45, 7) is 7.27. The van der Waals surface area contributed by atoms with Gasteiger partial charge in [0.15, 0.2) is 5.82 Å². The minimum absolute atomic E-state index is 0.0874. The highest BCUT2D eigenvalue weighted by molar-refractivity contribution is 6.30. The van der Waals surface area contributed by atoms with Gasteiger partial charge in [-0.3, -0.25) is 14.3 Å². The van der Waals surface area contributed by atoms with E-state index in [0.717, 1.165) is 23.0 Å². The first kappa shape index (κ1) is 28.2. The molecule has 1 atom stereocenters. The number of carbonyl (C=O) groups excluding carboxylic acids is 2. The summed E-state index contributed by atoms with van der Waals surface area (Å²) in [6.07, 6.45) is 7.64. The van der Waals surface area contributed by atoms with Gasteiger partial charge < -0.3 is 14.3 Å². The maximum Gasteiger partial charge on any atom is 0.257 e. The molecule has 3 aliphatic rings. The number of hydrogen-bond donors (Lipinski definition) is 0. The molecule has 4 aromatic rings. The van der Waals surface area contributed by atoms with Crippen LogP contribution in [0.2, 0.25) is 5.02 Å². The van der Waals surface area contributed by atoms with Gasteiger partial charge in [0, 0.05) is 42.8 Å². The average Bonchev–Trinajstić information content (AvgIpc) is 3.38. The summed E-state index contributed by atoms with van der Waals surface area (Å²) in [6, 6.07) is 17.5. The van der Waals surface area contributed by atoms with Crippen LogP contribution in [-0.4, -0.2) is 68.2 Å². The zero-order valence-corrected chi connectivity index (χ0v) is 24.7. The maximum atomic E-state index is 13.5. The first-order valence-electron chi connectivity index (χ1n) is 14.3. The molecule has 218 valence electrons. The fourth-order valence-corrected chi connectivity index (χ4v) is 5.78. The Balaban J connectivity index is 0.000000573. The van der Waals surface area contributed by atoms with Crippen molar-refractivity contribution in [2.75, 3.05) is 26.2 Å². The highest BCUT2D eigenvalue weighted by Crippen LogP contribution is 2.48. The molecule has 2 aliphatic heterocycles. The lowest BCUT2D eigenvalue weighted by Crippen LogP contribution is -2.59. The van der Waals surface area contributed by atoms with Crippen LogP contribution in [0.15, 0.2) is 71.5 Å². The van der Waals surface area contributed by atoms with Crippen LogP contribution in [0, 0.1) is 10.8 Å². The Morgan fingerprint density at radius 3 is 2.43 bits per heavy atom. The van der Waals surface area contributed by atoms with E-state index in [4.69, 9.17) is 16.1 Å². The third kappa shape index (κ3) is 6.26. The van der Waals surface area contributed by atoms with Crippen molar-refractivity contribution < 1.29 is 14.1 Å². The summed E-state index contributed by atoms with van der Waals surface area (Å²) in [5, 5.41) is 9.35. The lowest BCUT2D eigenvalue weighted by atomic mass is 9.71. The molecule has 9 nitrogen and oxygen atoms in total. The van der Waals surface area contributed by atoms with Gasteiger partial charge in [0.05, 0.1) is 30.6 Å². The number of nitrogens with zero attached hydrogens (tertiary/aromatic N) is 6. The predicted octanol–water partition coefficient (Wildman–Crippen LogP) is 5.06. The molecule has 2 aromatic heterocycles. The lowest BCUT2D eigenvalue weighted by Gasteiger charge is -2.48. The summed E-state index contributed by atoms with van der Waals surface area (Å²) < 4.78 is 7.34. The standard InChI is InChI=1S/C27H25ClN6O3.C5H10/c28-22-8-6-19(7-9-22)10-24-30-25(31-37-24)23-14-33(17-27(23)15-32(16-27)18-35)26(36)21-11-29-34(13-21)12-20-4-2-1-3-5-20;1-5(2)3-4-5/h1-9,11,13,18,23H,10,12,14-17H2;3-4H2,1-2H3. The van der Waals surface area contributed by atoms with E-state index < -0.39 is 0 Å². The molecule has 42 heavy (non-hydrogen) atoms. The zero-order valence-electron chi connectivity index (χ0n) is 23.9. The molecule has 7 rings (SSSR count). The topological polar surface area (TPSA) is 97.4 Å². The molecule has 10 heteroatoms. The van der Waals surface area contributed by atoms with Crippen LogP contribution in [0.4, 0.5) is 0 Å². The van der Waals surface area contributed by atoms with Crippen molar-refractivity contribution in [1.29, 1.82) is 0 Å². The Bertz CT molecular complexity index is 1540. The van der Waals surface area contributed by atoms with Crippen molar-refractivity contribution in [3.8, 4) is 0 Å². The normalized spacial score (nSPS) is 19.6. The molecule has 1 unspecified atom stereocenters. The van der Waals surface area contributed by atoms with Crippen LogP contribution in [0.5, 0.6) is 0 Å². The van der Waals surface area contributed by atoms with E-state index in [1.807, 2.05) is 59.5 Å². The van der Waals surface area contributed by atoms with Gasteiger partial charge in [-0.25, -0.2) is 0 Å². The third-order valence-electron chi connectivity index (χ3n) is 8.50. The molecule has 0 bridgehead atoms. The summed E-state index contributed by atoms with van der Waals surface area (Å²) in [7, 11) is 0. The molecule has 1 spiro atoms. The Hall–Kier alpha value is -3.98. The van der Waals surface area contributed by atoms with Crippen molar-refractivity contribution in [3.05, 3.63) is 100 Å². The second kappa shape index (κ2) is 11.4. The number of aromatic nitrogens is 4. The van der Waals surface area contributed by atoms with Crippen LogP contribution in [0.25, 0.3) is 0 Å². The molecule has 4 heterocycles. The van der Waals surface area contributed by atoms with Crippen LogP contribution >= 0.6 is 11.6 Å². The van der Waals surface area contributed by atoms with Crippen LogP contribution in [0.1, 0.15) is 65.8 Å². The van der Waals surface area contributed by atoms with Crippen LogP contribution in [0.3, 0.4) is 0 Å². The minimum Gasteiger partial charge on any atom is -0.344 e. The van der Waals surface area contributed by atoms with E-state index in [1.165, 1.54) is 12.8 Å². The van der Waals surface area contributed by atoms with Crippen molar-refractivity contribution in [2.45, 2.75) is 45.6 Å². The van der Waals surface area contributed by atoms with E-state index in [2.05, 4.69) is 29.1 Å². The first-order chi connectivity index (χ1) is 20.2. The third-order valence-corrected chi connectivity index (χ3v) is 8.75. The van der Waals surface area contributed by atoms with E-state index >= 15 is 0 Å². The smallest absolute Gasteiger partial charge is 0.257 e. The monoisotopic (exact) mass is 586 g/mol. The van der Waals surface area contributed by atoms with Crippen molar-refractivity contribution >= 4 is 23.9 Å². The van der Waals surface area contributed by atoms with Crippen LogP contribution < -0.4 is 0 Å². The van der Waals surface area contributed by atoms with Gasteiger partial charge in [-0.2, -0.15) is 10.1 Å². The summed E-state index contributed by atoms with van der Waals surface area (Å²) in [5.74, 6) is 0.862. The molecule has 1 saturated carbocycles. The van der Waals surface area contributed by atoms with E-state index in [9.17, 15) is 9.59 Å². The average molecular weight is 587 g/mol. The first-order valence-corrected chi connectivity index (χ1v) is 14.7. The SMILES string of the molecule is CC1(C)CC1.O=CN1CC2(C1)CN(C(=O)c1cnn(Cc3ccccc3)c1)CC2c1noc(Cc2ccc(Cl)cc2)n1. The maximum absolute atomic E-state index is 13.5. The Morgan fingerprint density at radius 1 is 1.05 bits per heavy atom. The van der Waals surface area contributed by atoms with E-state index in [1.54, 1.807) is 22.0 Å². The summed E-state index contributed by atoms with van der Waals surface area (Å²) >= 11 is 5.99. The number of amides is 2. The number of halogens is 1. The number of carbonyl (C=O) groups is 2. The fraction of sp³-hybridized carbons (Fsp3) is 0.406. The van der Waals surface area contributed by atoms with Gasteiger partial charge >= 0.3 is 0 Å². The summed E-state index contributed by atoms with van der Waals surface area (Å²) in [5.41, 5.74) is 3.12. The molecular formula is C32H35ClN6O3. The second-order valence-corrected chi connectivity index (χ2v) is 13.0. The zero-order chi connectivity index (χ0) is 29.3. The molecule has 0 radical (unpaired) electrons. The fourth-order valence-electron chi connectivity index (χ4n) is 5.66. The Labute approximate surface area is 250 Å². The molecule has 1 aliphatic carbocycles. The van der Waals surface area contributed by atoms with Crippen molar-refractivity contribution in [1.82, 2.24) is 29.7 Å². The quantitative estimate of drug-likeness (QED) is 0.281. The Morgan fingerprint density at radius 2 is 1.76 bits per heavy atom. The van der Waals surface area contributed by atoms with Gasteiger partial charge in [-0.15, -0.1) is 0 Å². The molecule has 2 saturated heterocycles. The van der Waals surface area contributed by atoms with Crippen LogP contribution in [-0.2, 0) is 17.8 Å². The predicted molar refractivity (Wildman–Crippen MR) is 158 cm³/mol. The molecule has 3 fully saturated rings. The molecule has 2 amide bonds. The van der Waals surface area contributed by atoms with Gasteiger partial charge in [0.25, 0.3) is 5.91 Å². The van der Waals surface area contributed by atoms with Gasteiger partial charge in [-0.05, 0) is 41.5 Å². The highest BCUT2D eigenvalue weighted by Gasteiger charge is 2.57. The van der Waals surface area contributed by atoms with Crippen molar-refractivity contribution in [2.24, 2.45) is 10.8 Å². The molecule has 0 N–H and O–H groups in total. The lowest BCUT2D eigenvalue weighted by molar-refractivity contribution is -0.129. The highest BCUT2D eigenvalue weighted by atomic mass is 35.5. The number of hydrogen-bond acceptors (Lipinski definition) is 6. The second-order valence-electron chi connectivity index (χ2n) is 12.5. The number of benzene rings is 2. The number of likely N-dealkylation sites (tertiary alicyclic amines) is 2. The molecular weight excluding hydrogens is 552 g/mol. The van der Waals surface area contributed by atoms with Gasteiger partial charge in [0.1, 0.15) is 0 Å². The Kier molecular flexibility index (Phi) is 7.62. The van der Waals surface area contributed by atoms with Gasteiger partial charge in [0.2, 0.25) is 12.3 Å². The molecule has 2 aromatic carbocycles. The van der Waals surface area contributed by atoms with E-state index in [-0.39, 0.29) is 17.2 Å². The largest absolute Gasteiger partial charge is 0.344 e. The van der Waals surface area contributed by atoms with E-state index in [0.29, 0.717) is 61.4 Å². The minimum atomic E-state index is -0.294. The van der Waals surface area contributed by atoms with Crippen molar-refractivity contribution in [3.63, 3.8) is 0 Å².